The summed E-state index contributed by atoms with van der Waals surface area (Å²) < 4.78 is 45.5. The van der Waals surface area contributed by atoms with E-state index < -0.39 is 23.4 Å². The van der Waals surface area contributed by atoms with Crippen molar-refractivity contribution in [1.82, 2.24) is 20.2 Å². The molecule has 28 heavy (non-hydrogen) atoms. The van der Waals surface area contributed by atoms with E-state index >= 15 is 0 Å². The van der Waals surface area contributed by atoms with Gasteiger partial charge in [-0.1, -0.05) is 0 Å². The number of carbonyl (C=O) groups excluding carboxylic acids is 1. The molecule has 0 aliphatic carbocycles. The number of anilines is 2. The first kappa shape index (κ1) is 20.0. The van der Waals surface area contributed by atoms with Crippen molar-refractivity contribution >= 4 is 17.4 Å². The molecule has 2 aromatic rings. The molecule has 0 spiro atoms. The lowest BCUT2D eigenvalue weighted by Gasteiger charge is -2.26. The summed E-state index contributed by atoms with van der Waals surface area (Å²) in [5, 5.41) is 5.32. The first-order valence-electron chi connectivity index (χ1n) is 8.78. The van der Waals surface area contributed by atoms with Crippen molar-refractivity contribution in [3.8, 4) is 0 Å². The highest BCUT2D eigenvalue weighted by atomic mass is 19.2. The molecule has 0 atom stereocenters. The third kappa shape index (κ3) is 4.96. The minimum Gasteiger partial charge on any atom is -0.379 e. The van der Waals surface area contributed by atoms with E-state index in [-0.39, 0.29) is 23.0 Å². The third-order valence-electron chi connectivity index (χ3n) is 4.19. The Hall–Kier alpha value is -2.72. The number of morpholine rings is 1. The van der Waals surface area contributed by atoms with Gasteiger partial charge in [0, 0.05) is 32.2 Å². The highest BCUT2D eigenvalue weighted by Crippen LogP contribution is 2.23. The summed E-state index contributed by atoms with van der Waals surface area (Å²) in [7, 11) is 0. The fraction of sp³-hybridized carbons (Fsp3) is 0.389. The van der Waals surface area contributed by atoms with Crippen molar-refractivity contribution in [1.29, 1.82) is 0 Å². The predicted octanol–water partition coefficient (Wildman–Crippen LogP) is 2.01. The third-order valence-corrected chi connectivity index (χ3v) is 4.19. The van der Waals surface area contributed by atoms with Gasteiger partial charge in [0.05, 0.1) is 18.9 Å². The first-order valence-corrected chi connectivity index (χ1v) is 8.78. The summed E-state index contributed by atoms with van der Waals surface area (Å²) in [6.07, 6.45) is 0. The topological polar surface area (TPSA) is 79.4 Å². The molecule has 1 saturated heterocycles. The van der Waals surface area contributed by atoms with Crippen LogP contribution in [0.15, 0.2) is 18.2 Å². The maximum atomic E-state index is 13.8. The Balaban J connectivity index is 1.65. The van der Waals surface area contributed by atoms with Crippen molar-refractivity contribution in [2.75, 3.05) is 44.7 Å². The molecule has 1 fully saturated rings. The molecule has 0 bridgehead atoms. The molecule has 2 N–H and O–H groups in total. The van der Waals surface area contributed by atoms with Crippen molar-refractivity contribution in [3.05, 3.63) is 47.2 Å². The molecule has 1 aromatic carbocycles. The van der Waals surface area contributed by atoms with Crippen LogP contribution in [0.4, 0.5) is 24.7 Å². The van der Waals surface area contributed by atoms with Gasteiger partial charge in [0.25, 0.3) is 5.91 Å². The summed E-state index contributed by atoms with van der Waals surface area (Å²) in [5.74, 6) is -4.29. The van der Waals surface area contributed by atoms with Gasteiger partial charge in [-0.15, -0.1) is 0 Å². The van der Waals surface area contributed by atoms with Crippen molar-refractivity contribution in [2.24, 2.45) is 0 Å². The van der Waals surface area contributed by atoms with Crippen LogP contribution in [-0.4, -0.2) is 60.2 Å². The van der Waals surface area contributed by atoms with E-state index in [2.05, 4.69) is 25.5 Å². The Morgan fingerprint density at radius 1 is 1.18 bits per heavy atom. The Bertz CT molecular complexity index is 859. The van der Waals surface area contributed by atoms with Gasteiger partial charge in [-0.25, -0.2) is 23.1 Å². The van der Waals surface area contributed by atoms with E-state index in [1.807, 2.05) is 0 Å². The zero-order chi connectivity index (χ0) is 20.1. The highest BCUT2D eigenvalue weighted by Gasteiger charge is 2.16. The largest absolute Gasteiger partial charge is 0.379 e. The lowest BCUT2D eigenvalue weighted by Crippen LogP contribution is -2.41. The molecule has 150 valence electrons. The number of nitrogens with zero attached hydrogens (tertiary/aromatic N) is 3. The number of carbonyl (C=O) groups is 1. The molecule has 10 heteroatoms. The molecule has 1 aromatic heterocycles. The van der Waals surface area contributed by atoms with Gasteiger partial charge in [-0.3, -0.25) is 9.69 Å². The number of rotatable bonds is 6. The molecular formula is C18H20F3N5O2. The molecule has 0 radical (unpaired) electrons. The van der Waals surface area contributed by atoms with Crippen LogP contribution in [-0.2, 0) is 4.74 Å². The van der Waals surface area contributed by atoms with Gasteiger partial charge in [-0.2, -0.15) is 0 Å². The van der Waals surface area contributed by atoms with Crippen LogP contribution < -0.4 is 10.6 Å². The normalized spacial score (nSPS) is 14.7. The second-order valence-corrected chi connectivity index (χ2v) is 6.24. The van der Waals surface area contributed by atoms with E-state index in [1.165, 1.54) is 6.07 Å². The summed E-state index contributed by atoms with van der Waals surface area (Å²) in [6.45, 7) is 5.67. The minimum absolute atomic E-state index is 0.0833. The maximum Gasteiger partial charge on any atom is 0.270 e. The highest BCUT2D eigenvalue weighted by molar-refractivity contribution is 5.93. The quantitative estimate of drug-likeness (QED) is 0.729. The summed E-state index contributed by atoms with van der Waals surface area (Å²) in [6, 6.07) is 3.17. The maximum absolute atomic E-state index is 13.8. The lowest BCUT2D eigenvalue weighted by atomic mass is 10.2. The number of aryl methyl sites for hydroxylation is 1. The monoisotopic (exact) mass is 395 g/mol. The first-order chi connectivity index (χ1) is 13.4. The number of amides is 1. The molecule has 1 aliphatic heterocycles. The number of hydrogen-bond donors (Lipinski definition) is 2. The molecule has 7 nitrogen and oxygen atoms in total. The van der Waals surface area contributed by atoms with E-state index in [0.717, 1.165) is 25.2 Å². The van der Waals surface area contributed by atoms with E-state index in [9.17, 15) is 18.0 Å². The average molecular weight is 395 g/mol. The predicted molar refractivity (Wildman–Crippen MR) is 96.0 cm³/mol. The average Bonchev–Trinajstić information content (AvgIpc) is 2.69. The Morgan fingerprint density at radius 2 is 1.93 bits per heavy atom. The Kier molecular flexibility index (Phi) is 6.42. The van der Waals surface area contributed by atoms with Crippen LogP contribution in [0.2, 0.25) is 0 Å². The standard InChI is InChI=1S/C18H20F3N5O2/c1-11-23-14(18(27)22-4-5-26-6-8-28-9-7-26)10-15(24-11)25-13-3-2-12(19)16(20)17(13)21/h2-3,10H,4-9H2,1H3,(H,22,27)(H,23,24,25). The van der Waals surface area contributed by atoms with Crippen molar-refractivity contribution < 1.29 is 22.7 Å². The number of ether oxygens (including phenoxy) is 1. The Labute approximate surface area is 159 Å². The second-order valence-electron chi connectivity index (χ2n) is 6.24. The van der Waals surface area contributed by atoms with Gasteiger partial charge in [0.2, 0.25) is 0 Å². The van der Waals surface area contributed by atoms with Crippen LogP contribution in [0.1, 0.15) is 16.3 Å². The lowest BCUT2D eigenvalue weighted by molar-refractivity contribution is 0.0383. The summed E-state index contributed by atoms with van der Waals surface area (Å²) >= 11 is 0. The second kappa shape index (κ2) is 8.98. The summed E-state index contributed by atoms with van der Waals surface area (Å²) in [5.41, 5.74) is -0.212. The smallest absolute Gasteiger partial charge is 0.270 e. The van der Waals surface area contributed by atoms with Crippen LogP contribution in [0.25, 0.3) is 0 Å². The zero-order valence-electron chi connectivity index (χ0n) is 15.3. The number of benzene rings is 1. The summed E-state index contributed by atoms with van der Waals surface area (Å²) in [4.78, 5) is 22.6. The molecule has 2 heterocycles. The molecule has 3 rings (SSSR count). The van der Waals surface area contributed by atoms with E-state index in [0.29, 0.717) is 26.3 Å². The van der Waals surface area contributed by atoms with Gasteiger partial charge >= 0.3 is 0 Å². The fourth-order valence-electron chi connectivity index (χ4n) is 2.75. The molecular weight excluding hydrogens is 375 g/mol. The van der Waals surface area contributed by atoms with Crippen LogP contribution in [0.3, 0.4) is 0 Å². The fourth-order valence-corrected chi connectivity index (χ4v) is 2.75. The zero-order valence-corrected chi connectivity index (χ0v) is 15.3. The van der Waals surface area contributed by atoms with E-state index in [1.54, 1.807) is 6.92 Å². The number of halogens is 3. The Morgan fingerprint density at radius 3 is 2.68 bits per heavy atom. The van der Waals surface area contributed by atoms with E-state index in [4.69, 9.17) is 4.74 Å². The van der Waals surface area contributed by atoms with Crippen LogP contribution in [0.5, 0.6) is 0 Å². The molecule has 0 saturated carbocycles. The van der Waals surface area contributed by atoms with Crippen LogP contribution >= 0.6 is 0 Å². The van der Waals surface area contributed by atoms with Crippen molar-refractivity contribution in [2.45, 2.75) is 6.92 Å². The molecule has 1 amide bonds. The van der Waals surface area contributed by atoms with Gasteiger partial charge in [0.1, 0.15) is 17.3 Å². The number of aromatic nitrogens is 2. The van der Waals surface area contributed by atoms with Gasteiger partial charge < -0.3 is 15.4 Å². The van der Waals surface area contributed by atoms with Gasteiger partial charge in [-0.05, 0) is 19.1 Å². The molecule has 0 unspecified atom stereocenters. The van der Waals surface area contributed by atoms with Crippen LogP contribution in [0, 0.1) is 24.4 Å². The van der Waals surface area contributed by atoms with Crippen molar-refractivity contribution in [3.63, 3.8) is 0 Å². The SMILES string of the molecule is Cc1nc(Nc2ccc(F)c(F)c2F)cc(C(=O)NCCN2CCOCC2)n1. The minimum atomic E-state index is -1.59. The number of nitrogens with one attached hydrogen (secondary N) is 2. The van der Waals surface area contributed by atoms with Gasteiger partial charge in [0.15, 0.2) is 17.5 Å². The number of hydrogen-bond acceptors (Lipinski definition) is 6. The molecule has 1 aliphatic rings.